The van der Waals surface area contributed by atoms with E-state index in [0.29, 0.717) is 41.2 Å². The standard InChI is InChI=1S/C28H29N9O4/c1-37(2)34-27(39)28(18-20-8-3-5-10-23(20)32-35-29)25(22-9-4-6-11-24(22)33-36-30)41-26(31-28)19-12-14-21(15-13-19)40-17-7-16-38/h3-6,8-15,25,38H,7,16-18H2,1-2H3,(H,34,39)/t25-,28-/m0/s1. The number of aliphatic hydroxyl groups excluding tert-OH is 1. The van der Waals surface area contributed by atoms with Crippen molar-refractivity contribution in [3.05, 3.63) is 110 Å². The molecule has 1 aliphatic heterocycles. The maximum absolute atomic E-state index is 14.1. The summed E-state index contributed by atoms with van der Waals surface area (Å²) in [4.78, 5) is 24.9. The number of ether oxygens (including phenoxy) is 2. The number of aliphatic hydroxyl groups is 1. The van der Waals surface area contributed by atoms with Gasteiger partial charge >= 0.3 is 0 Å². The van der Waals surface area contributed by atoms with E-state index >= 15 is 0 Å². The largest absolute Gasteiger partial charge is 0.494 e. The van der Waals surface area contributed by atoms with Gasteiger partial charge in [-0.05, 0) is 40.9 Å². The smallest absolute Gasteiger partial charge is 0.266 e. The fourth-order valence-electron chi connectivity index (χ4n) is 4.50. The molecule has 0 radical (unpaired) electrons. The molecule has 0 aliphatic carbocycles. The van der Waals surface area contributed by atoms with Crippen LogP contribution in [0, 0.1) is 0 Å². The highest BCUT2D eigenvalue weighted by molar-refractivity contribution is 6.01. The van der Waals surface area contributed by atoms with Crippen LogP contribution in [0.25, 0.3) is 20.9 Å². The van der Waals surface area contributed by atoms with Crippen LogP contribution in [0.15, 0.2) is 88.0 Å². The monoisotopic (exact) mass is 555 g/mol. The van der Waals surface area contributed by atoms with Crippen molar-refractivity contribution < 1.29 is 19.4 Å². The second-order valence-electron chi connectivity index (χ2n) is 9.37. The number of aliphatic imine (C=N–C) groups is 1. The third kappa shape index (κ3) is 6.57. The van der Waals surface area contributed by atoms with E-state index in [0.717, 1.165) is 0 Å². The van der Waals surface area contributed by atoms with E-state index in [4.69, 9.17) is 25.1 Å². The highest BCUT2D eigenvalue weighted by Crippen LogP contribution is 2.46. The summed E-state index contributed by atoms with van der Waals surface area (Å²) in [6.07, 6.45) is -0.507. The first-order valence-electron chi connectivity index (χ1n) is 12.8. The molecule has 3 aromatic carbocycles. The number of rotatable bonds is 12. The summed E-state index contributed by atoms with van der Waals surface area (Å²) in [6.45, 7) is 0.394. The van der Waals surface area contributed by atoms with E-state index in [2.05, 4.69) is 25.5 Å². The number of carbonyl (C=O) groups excluding carboxylic acids is 1. The molecule has 3 aromatic rings. The van der Waals surface area contributed by atoms with Gasteiger partial charge in [0.05, 0.1) is 6.61 Å². The molecular weight excluding hydrogens is 526 g/mol. The highest BCUT2D eigenvalue weighted by atomic mass is 16.5. The zero-order valence-electron chi connectivity index (χ0n) is 22.6. The number of hydrogen-bond acceptors (Lipinski definition) is 8. The van der Waals surface area contributed by atoms with Crippen LogP contribution in [-0.2, 0) is 16.0 Å². The molecule has 13 heteroatoms. The average Bonchev–Trinajstić information content (AvgIpc) is 3.35. The summed E-state index contributed by atoms with van der Waals surface area (Å²) in [5.74, 6) is 0.326. The van der Waals surface area contributed by atoms with Gasteiger partial charge in [0.15, 0.2) is 11.6 Å². The van der Waals surface area contributed by atoms with E-state index in [-0.39, 0.29) is 24.6 Å². The first kappa shape index (κ1) is 28.9. The number of nitrogens with zero attached hydrogens (tertiary/aromatic N) is 8. The lowest BCUT2D eigenvalue weighted by atomic mass is 9.81. The van der Waals surface area contributed by atoms with Gasteiger partial charge in [-0.15, -0.1) is 0 Å². The van der Waals surface area contributed by atoms with Gasteiger partial charge in [-0.1, -0.05) is 58.8 Å². The van der Waals surface area contributed by atoms with Gasteiger partial charge in [-0.3, -0.25) is 10.2 Å². The lowest BCUT2D eigenvalue weighted by Crippen LogP contribution is -2.53. The molecular formula is C28H29N9O4. The molecule has 1 heterocycles. The molecule has 0 bridgehead atoms. The molecule has 2 atom stereocenters. The third-order valence-electron chi connectivity index (χ3n) is 6.33. The summed E-state index contributed by atoms with van der Waals surface area (Å²) in [5.41, 5.74) is 21.9. The lowest BCUT2D eigenvalue weighted by molar-refractivity contribution is -0.132. The Morgan fingerprint density at radius 2 is 1.71 bits per heavy atom. The SMILES string of the molecule is CN(C)NC(=O)[C@@]1(Cc2ccccc2N=[N+]=[N-])N=C(c2ccc(OCCCO)cc2)O[C@H]1c1ccccc1N=[N+]=[N-]. The molecule has 41 heavy (non-hydrogen) atoms. The van der Waals surface area contributed by atoms with E-state index < -0.39 is 17.6 Å². The molecule has 0 spiro atoms. The van der Waals surface area contributed by atoms with Crippen molar-refractivity contribution in [3.8, 4) is 5.75 Å². The van der Waals surface area contributed by atoms with Crippen molar-refractivity contribution >= 4 is 23.2 Å². The Bertz CT molecular complexity index is 1510. The molecule has 1 aliphatic rings. The Labute approximate surface area is 236 Å². The molecule has 13 nitrogen and oxygen atoms in total. The Morgan fingerprint density at radius 1 is 1.05 bits per heavy atom. The summed E-state index contributed by atoms with van der Waals surface area (Å²) >= 11 is 0. The van der Waals surface area contributed by atoms with Crippen molar-refractivity contribution in [1.29, 1.82) is 0 Å². The molecule has 0 saturated heterocycles. The number of nitrogens with one attached hydrogen (secondary N) is 1. The van der Waals surface area contributed by atoms with Crippen LogP contribution in [0.1, 0.15) is 29.2 Å². The molecule has 4 rings (SSSR count). The maximum atomic E-state index is 14.1. The van der Waals surface area contributed by atoms with Gasteiger partial charge in [-0.2, -0.15) is 0 Å². The summed E-state index contributed by atoms with van der Waals surface area (Å²) in [7, 11) is 3.36. The van der Waals surface area contributed by atoms with Crippen LogP contribution >= 0.6 is 0 Å². The first-order chi connectivity index (χ1) is 19.9. The van der Waals surface area contributed by atoms with Gasteiger partial charge in [0.2, 0.25) is 5.90 Å². The maximum Gasteiger partial charge on any atom is 0.266 e. The minimum atomic E-state index is -1.60. The normalized spacial score (nSPS) is 17.6. The first-order valence-corrected chi connectivity index (χ1v) is 12.8. The minimum absolute atomic E-state index is 0.00297. The van der Waals surface area contributed by atoms with Crippen LogP contribution in [0.2, 0.25) is 0 Å². The highest BCUT2D eigenvalue weighted by Gasteiger charge is 2.54. The van der Waals surface area contributed by atoms with Crippen molar-refractivity contribution in [2.75, 3.05) is 27.3 Å². The predicted octanol–water partition coefficient (Wildman–Crippen LogP) is 5.42. The molecule has 0 unspecified atom stereocenters. The summed E-state index contributed by atoms with van der Waals surface area (Å²) in [6, 6.07) is 20.8. The van der Waals surface area contributed by atoms with Gasteiger partial charge in [0.1, 0.15) is 5.75 Å². The summed E-state index contributed by atoms with van der Waals surface area (Å²) < 4.78 is 12.1. The Hall–Kier alpha value is -5.06. The number of hydrogen-bond donors (Lipinski definition) is 2. The molecule has 2 N–H and O–H groups in total. The van der Waals surface area contributed by atoms with Gasteiger partial charge in [0, 0.05) is 65.9 Å². The average molecular weight is 556 g/mol. The van der Waals surface area contributed by atoms with E-state index in [1.165, 1.54) is 5.01 Å². The second kappa shape index (κ2) is 13.3. The number of azide groups is 2. The van der Waals surface area contributed by atoms with Crippen LogP contribution < -0.4 is 10.2 Å². The molecule has 0 aromatic heterocycles. The van der Waals surface area contributed by atoms with Crippen molar-refractivity contribution in [3.63, 3.8) is 0 Å². The van der Waals surface area contributed by atoms with Crippen molar-refractivity contribution in [2.45, 2.75) is 24.5 Å². The third-order valence-corrected chi connectivity index (χ3v) is 6.33. The zero-order valence-corrected chi connectivity index (χ0v) is 22.6. The number of hydrazine groups is 1. The van der Waals surface area contributed by atoms with E-state index in [1.54, 1.807) is 86.9 Å². The summed E-state index contributed by atoms with van der Waals surface area (Å²) in [5, 5.41) is 18.2. The van der Waals surface area contributed by atoms with Gasteiger partial charge in [-0.25, -0.2) is 10.0 Å². The molecule has 0 saturated carbocycles. The van der Waals surface area contributed by atoms with Crippen molar-refractivity contribution in [1.82, 2.24) is 10.4 Å². The van der Waals surface area contributed by atoms with E-state index in [9.17, 15) is 10.3 Å². The fraction of sp³-hybridized carbons (Fsp3) is 0.286. The quantitative estimate of drug-likeness (QED) is 0.0992. The van der Waals surface area contributed by atoms with Crippen molar-refractivity contribution in [2.24, 2.45) is 15.2 Å². The molecule has 0 fully saturated rings. The Balaban J connectivity index is 1.89. The Morgan fingerprint density at radius 3 is 2.39 bits per heavy atom. The number of benzene rings is 3. The van der Waals surface area contributed by atoms with Gasteiger partial charge in [0.25, 0.3) is 5.91 Å². The van der Waals surface area contributed by atoms with E-state index in [1.807, 2.05) is 0 Å². The topological polar surface area (TPSA) is 181 Å². The van der Waals surface area contributed by atoms with Gasteiger partial charge < -0.3 is 14.6 Å². The molecule has 210 valence electrons. The zero-order chi connectivity index (χ0) is 29.2. The molecule has 1 amide bonds. The lowest BCUT2D eigenvalue weighted by Gasteiger charge is -2.32. The second-order valence-corrected chi connectivity index (χ2v) is 9.37. The number of amides is 1. The Kier molecular flexibility index (Phi) is 9.41. The van der Waals surface area contributed by atoms with Crippen LogP contribution in [-0.4, -0.2) is 54.8 Å². The van der Waals surface area contributed by atoms with Crippen LogP contribution in [0.5, 0.6) is 5.75 Å². The fourth-order valence-corrected chi connectivity index (χ4v) is 4.50. The minimum Gasteiger partial charge on any atom is -0.494 e. The number of carbonyl (C=O) groups is 1. The predicted molar refractivity (Wildman–Crippen MR) is 153 cm³/mol. The van der Waals surface area contributed by atoms with Crippen LogP contribution in [0.4, 0.5) is 11.4 Å². The van der Waals surface area contributed by atoms with Crippen LogP contribution in [0.3, 0.4) is 0 Å².